The molecule has 0 atom stereocenters. The smallest absolute Gasteiger partial charge is 0.264 e. The maximum absolute atomic E-state index is 12.0. The molecule has 8 heteroatoms. The van der Waals surface area contributed by atoms with E-state index in [1.54, 1.807) is 12.1 Å². The van der Waals surface area contributed by atoms with Crippen LogP contribution in [0.5, 0.6) is 5.75 Å². The van der Waals surface area contributed by atoms with Gasteiger partial charge in [0.25, 0.3) is 5.91 Å². The third-order valence-corrected chi connectivity index (χ3v) is 4.95. The Labute approximate surface area is 156 Å². The number of fused-ring (bicyclic) bond motifs is 1. The molecule has 0 bridgehead atoms. The number of carbonyl (C=O) groups is 2. The monoisotopic (exact) mass is 374 g/mol. The van der Waals surface area contributed by atoms with Crippen molar-refractivity contribution in [3.8, 4) is 5.75 Å². The number of rotatable bonds is 8. The predicted molar refractivity (Wildman–Crippen MR) is 101 cm³/mol. The number of aryl methyl sites for hydroxylation is 2. The Hall–Kier alpha value is -2.48. The van der Waals surface area contributed by atoms with Gasteiger partial charge in [-0.15, -0.1) is 10.2 Å². The lowest BCUT2D eigenvalue weighted by atomic mass is 10.0. The van der Waals surface area contributed by atoms with E-state index < -0.39 is 0 Å². The van der Waals surface area contributed by atoms with E-state index in [1.807, 2.05) is 6.07 Å². The lowest BCUT2D eigenvalue weighted by Gasteiger charge is -2.17. The van der Waals surface area contributed by atoms with Crippen LogP contribution >= 0.6 is 11.3 Å². The molecule has 26 heavy (non-hydrogen) atoms. The highest BCUT2D eigenvalue weighted by atomic mass is 32.1. The highest BCUT2D eigenvalue weighted by Crippen LogP contribution is 2.26. The summed E-state index contributed by atoms with van der Waals surface area (Å²) in [4.78, 5) is 23.4. The van der Waals surface area contributed by atoms with E-state index in [-0.39, 0.29) is 18.4 Å². The highest BCUT2D eigenvalue weighted by molar-refractivity contribution is 7.15. The molecular formula is C18H22N4O3S. The van der Waals surface area contributed by atoms with E-state index in [4.69, 9.17) is 4.74 Å². The second-order valence-corrected chi connectivity index (χ2v) is 7.22. The molecule has 2 N–H and O–H groups in total. The molecule has 0 radical (unpaired) electrons. The Morgan fingerprint density at radius 1 is 1.31 bits per heavy atom. The zero-order valence-corrected chi connectivity index (χ0v) is 15.5. The van der Waals surface area contributed by atoms with Gasteiger partial charge >= 0.3 is 0 Å². The minimum Gasteiger partial charge on any atom is -0.484 e. The van der Waals surface area contributed by atoms with Crippen LogP contribution in [-0.2, 0) is 22.4 Å². The van der Waals surface area contributed by atoms with Gasteiger partial charge in [-0.05, 0) is 36.6 Å². The summed E-state index contributed by atoms with van der Waals surface area (Å²) in [6.45, 7) is 2.06. The van der Waals surface area contributed by atoms with Gasteiger partial charge < -0.3 is 10.1 Å². The van der Waals surface area contributed by atoms with Gasteiger partial charge in [-0.3, -0.25) is 14.9 Å². The molecule has 1 aromatic carbocycles. The number of amides is 2. The van der Waals surface area contributed by atoms with Crippen molar-refractivity contribution in [2.45, 2.75) is 45.4 Å². The summed E-state index contributed by atoms with van der Waals surface area (Å²) in [5, 5.41) is 15.1. The number of hydrogen-bond acceptors (Lipinski definition) is 6. The Morgan fingerprint density at radius 2 is 2.19 bits per heavy atom. The second-order valence-electron chi connectivity index (χ2n) is 6.16. The number of carbonyl (C=O) groups excluding carboxylic acids is 2. The quantitative estimate of drug-likeness (QED) is 0.692. The largest absolute Gasteiger partial charge is 0.484 e. The molecule has 7 nitrogen and oxygen atoms in total. The number of nitrogens with zero attached hydrogens (tertiary/aromatic N) is 2. The lowest BCUT2D eigenvalue weighted by molar-refractivity contribution is -0.118. The van der Waals surface area contributed by atoms with Crippen LogP contribution in [0.3, 0.4) is 0 Å². The molecule has 2 aromatic rings. The van der Waals surface area contributed by atoms with Crippen LogP contribution in [0.15, 0.2) is 18.2 Å². The fraction of sp³-hybridized carbons (Fsp3) is 0.444. The van der Waals surface area contributed by atoms with Gasteiger partial charge in [0.2, 0.25) is 11.0 Å². The minimum atomic E-state index is -0.271. The van der Waals surface area contributed by atoms with Gasteiger partial charge in [-0.1, -0.05) is 31.1 Å². The first-order chi connectivity index (χ1) is 12.6. The molecule has 0 spiro atoms. The molecule has 3 rings (SSSR count). The highest BCUT2D eigenvalue weighted by Gasteiger charge is 2.15. The number of anilines is 2. The molecule has 0 saturated carbocycles. The fourth-order valence-electron chi connectivity index (χ4n) is 2.69. The minimum absolute atomic E-state index is 0.0247. The van der Waals surface area contributed by atoms with Crippen molar-refractivity contribution >= 4 is 34.0 Å². The summed E-state index contributed by atoms with van der Waals surface area (Å²) in [5.74, 6) is 0.358. The average Bonchev–Trinajstić information content (AvgIpc) is 3.07. The van der Waals surface area contributed by atoms with Gasteiger partial charge in [-0.2, -0.15) is 0 Å². The van der Waals surface area contributed by atoms with Crippen molar-refractivity contribution in [2.24, 2.45) is 0 Å². The van der Waals surface area contributed by atoms with Gasteiger partial charge in [0.1, 0.15) is 10.8 Å². The zero-order valence-electron chi connectivity index (χ0n) is 14.7. The van der Waals surface area contributed by atoms with Crippen LogP contribution in [0.25, 0.3) is 0 Å². The van der Waals surface area contributed by atoms with Gasteiger partial charge in [0.15, 0.2) is 6.61 Å². The summed E-state index contributed by atoms with van der Waals surface area (Å²) in [7, 11) is 0. The molecule has 0 fully saturated rings. The van der Waals surface area contributed by atoms with E-state index in [2.05, 4.69) is 27.8 Å². The van der Waals surface area contributed by atoms with Crippen LogP contribution in [-0.4, -0.2) is 28.6 Å². The molecule has 0 unspecified atom stereocenters. The molecule has 1 aliphatic rings. The van der Waals surface area contributed by atoms with E-state index in [0.29, 0.717) is 23.7 Å². The van der Waals surface area contributed by atoms with Crippen molar-refractivity contribution < 1.29 is 14.3 Å². The van der Waals surface area contributed by atoms with Crippen LogP contribution in [0.1, 0.15) is 43.2 Å². The second kappa shape index (κ2) is 8.75. The first kappa shape index (κ1) is 18.3. The molecule has 2 amide bonds. The maximum atomic E-state index is 12.0. The van der Waals surface area contributed by atoms with E-state index in [9.17, 15) is 9.59 Å². The summed E-state index contributed by atoms with van der Waals surface area (Å²) in [5.41, 5.74) is 1.82. The Kier molecular flexibility index (Phi) is 6.17. The van der Waals surface area contributed by atoms with Crippen molar-refractivity contribution in [3.63, 3.8) is 0 Å². The predicted octanol–water partition coefficient (Wildman–Crippen LogP) is 3.17. The van der Waals surface area contributed by atoms with Gasteiger partial charge in [-0.25, -0.2) is 0 Å². The van der Waals surface area contributed by atoms with Crippen LogP contribution in [0, 0.1) is 0 Å². The molecular weight excluding hydrogens is 352 g/mol. The van der Waals surface area contributed by atoms with E-state index in [0.717, 1.165) is 35.5 Å². The van der Waals surface area contributed by atoms with Gasteiger partial charge in [0, 0.05) is 18.5 Å². The third kappa shape index (κ3) is 5.01. The number of hydrogen-bond donors (Lipinski definition) is 2. The maximum Gasteiger partial charge on any atom is 0.264 e. The number of benzene rings is 1. The fourth-order valence-corrected chi connectivity index (χ4v) is 3.48. The normalized spacial score (nSPS) is 13.0. The lowest BCUT2D eigenvalue weighted by Crippen LogP contribution is -2.21. The summed E-state index contributed by atoms with van der Waals surface area (Å²) >= 11 is 1.40. The molecule has 138 valence electrons. The van der Waals surface area contributed by atoms with Crippen molar-refractivity contribution in [1.29, 1.82) is 0 Å². The topological polar surface area (TPSA) is 93.2 Å². The molecule has 1 aromatic heterocycles. The summed E-state index contributed by atoms with van der Waals surface area (Å²) < 4.78 is 5.55. The number of aromatic nitrogens is 2. The Bertz CT molecular complexity index is 790. The Balaban J connectivity index is 1.48. The van der Waals surface area contributed by atoms with E-state index in [1.165, 1.54) is 17.8 Å². The molecule has 0 saturated heterocycles. The van der Waals surface area contributed by atoms with Crippen molar-refractivity contribution in [3.05, 3.63) is 28.8 Å². The summed E-state index contributed by atoms with van der Waals surface area (Å²) in [6.07, 6.45) is 5.45. The van der Waals surface area contributed by atoms with Crippen LogP contribution < -0.4 is 15.4 Å². The standard InChI is InChI=1S/C18H22N4O3S/c1-2-3-4-5-17-21-22-18(26-17)20-16(24)11-25-13-7-8-14-12(10-13)6-9-15(23)19-14/h7-8,10H,2-6,9,11H2,1H3,(H,19,23)(H,20,22,24). The first-order valence-corrected chi connectivity index (χ1v) is 9.63. The van der Waals surface area contributed by atoms with Crippen molar-refractivity contribution in [2.75, 3.05) is 17.2 Å². The third-order valence-electron chi connectivity index (χ3n) is 4.05. The van der Waals surface area contributed by atoms with Crippen LogP contribution in [0.2, 0.25) is 0 Å². The zero-order chi connectivity index (χ0) is 18.4. The Morgan fingerprint density at radius 3 is 3.04 bits per heavy atom. The molecule has 1 aliphatic heterocycles. The number of unbranched alkanes of at least 4 members (excludes halogenated alkanes) is 2. The summed E-state index contributed by atoms with van der Waals surface area (Å²) in [6, 6.07) is 5.40. The number of ether oxygens (including phenoxy) is 1. The van der Waals surface area contributed by atoms with Crippen molar-refractivity contribution in [1.82, 2.24) is 10.2 Å². The first-order valence-electron chi connectivity index (χ1n) is 8.82. The molecule has 0 aliphatic carbocycles. The number of nitrogens with one attached hydrogen (secondary N) is 2. The average molecular weight is 374 g/mol. The SMILES string of the molecule is CCCCCc1nnc(NC(=O)COc2ccc3c(c2)CCC(=O)N3)s1. The van der Waals surface area contributed by atoms with Gasteiger partial charge in [0.05, 0.1) is 0 Å². The molecule has 2 heterocycles. The van der Waals surface area contributed by atoms with E-state index >= 15 is 0 Å². The van der Waals surface area contributed by atoms with Crippen LogP contribution in [0.4, 0.5) is 10.8 Å².